The summed E-state index contributed by atoms with van der Waals surface area (Å²) in [7, 11) is 0. The van der Waals surface area contributed by atoms with Crippen LogP contribution < -0.4 is 0 Å². The molecule has 1 aromatic heterocycles. The topological polar surface area (TPSA) is 107 Å². The van der Waals surface area contributed by atoms with Crippen molar-refractivity contribution in [1.82, 2.24) is 24.7 Å². The molecule has 9 heteroatoms. The molecular weight excluding hydrogens is 362 g/mol. The van der Waals surface area contributed by atoms with E-state index in [1.807, 2.05) is 13.8 Å². The molecule has 0 unspecified atom stereocenters. The number of aryl methyl sites for hydroxylation is 1. The Morgan fingerprint density at radius 3 is 2.43 bits per heavy atom. The van der Waals surface area contributed by atoms with E-state index in [0.717, 1.165) is 10.6 Å². The van der Waals surface area contributed by atoms with Crippen LogP contribution in [0, 0.1) is 12.8 Å². The van der Waals surface area contributed by atoms with Crippen LogP contribution in [0.4, 0.5) is 4.79 Å². The molecule has 1 N–H and O–H groups in total. The molecule has 1 aromatic rings. The van der Waals surface area contributed by atoms with E-state index in [9.17, 15) is 19.5 Å². The van der Waals surface area contributed by atoms with Crippen molar-refractivity contribution < 1.29 is 19.5 Å². The summed E-state index contributed by atoms with van der Waals surface area (Å²) in [5.74, 6) is -0.290. The van der Waals surface area contributed by atoms with Crippen molar-refractivity contribution in [3.8, 4) is 0 Å². The Hall–Kier alpha value is -2.55. The van der Waals surface area contributed by atoms with Gasteiger partial charge in [-0.1, -0.05) is 13.8 Å². The van der Waals surface area contributed by atoms with E-state index >= 15 is 0 Å². The van der Waals surface area contributed by atoms with Crippen LogP contribution in [0.2, 0.25) is 0 Å². The van der Waals surface area contributed by atoms with Crippen LogP contribution in [0.5, 0.6) is 0 Å². The lowest BCUT2D eigenvalue weighted by Gasteiger charge is -2.42. The van der Waals surface area contributed by atoms with Crippen molar-refractivity contribution in [2.45, 2.75) is 39.2 Å². The lowest BCUT2D eigenvalue weighted by Crippen LogP contribution is -2.58. The molecule has 2 saturated heterocycles. The van der Waals surface area contributed by atoms with Gasteiger partial charge in [0.1, 0.15) is 11.2 Å². The van der Waals surface area contributed by atoms with Crippen molar-refractivity contribution in [2.24, 2.45) is 5.92 Å². The number of aliphatic hydroxyl groups excluding tert-OH is 1. The van der Waals surface area contributed by atoms with Gasteiger partial charge in [-0.3, -0.25) is 19.5 Å². The Bertz CT molecular complexity index is 756. The van der Waals surface area contributed by atoms with Gasteiger partial charge in [0.2, 0.25) is 0 Å². The fourth-order valence-electron chi connectivity index (χ4n) is 3.93. The van der Waals surface area contributed by atoms with E-state index in [-0.39, 0.29) is 42.6 Å². The molecule has 2 aliphatic rings. The third kappa shape index (κ3) is 3.46. The number of aromatic nitrogens is 2. The molecule has 0 saturated carbocycles. The Kier molecular flexibility index (Phi) is 5.64. The highest BCUT2D eigenvalue weighted by atomic mass is 16.3. The van der Waals surface area contributed by atoms with Crippen LogP contribution >= 0.6 is 0 Å². The number of hydrogen-bond acceptors (Lipinski definition) is 6. The van der Waals surface area contributed by atoms with Crippen molar-refractivity contribution in [2.75, 3.05) is 32.8 Å². The van der Waals surface area contributed by atoms with Crippen molar-refractivity contribution in [3.63, 3.8) is 0 Å². The van der Waals surface area contributed by atoms with Gasteiger partial charge in [-0.25, -0.2) is 9.78 Å². The molecule has 0 radical (unpaired) electrons. The summed E-state index contributed by atoms with van der Waals surface area (Å²) in [6.45, 7) is 6.70. The van der Waals surface area contributed by atoms with Gasteiger partial charge in [0.15, 0.2) is 0 Å². The number of hydrogen-bond donors (Lipinski definition) is 1. The molecule has 1 spiro atoms. The van der Waals surface area contributed by atoms with E-state index in [2.05, 4.69) is 9.97 Å². The number of imide groups is 1. The van der Waals surface area contributed by atoms with Crippen LogP contribution in [-0.2, 0) is 4.79 Å². The van der Waals surface area contributed by atoms with Gasteiger partial charge in [-0.2, -0.15) is 0 Å². The number of nitrogens with zero attached hydrogens (tertiary/aromatic N) is 5. The van der Waals surface area contributed by atoms with E-state index in [0.29, 0.717) is 32.5 Å². The fraction of sp³-hybridized carbons (Fsp3) is 0.632. The van der Waals surface area contributed by atoms with Crippen LogP contribution in [0.3, 0.4) is 0 Å². The zero-order valence-corrected chi connectivity index (χ0v) is 16.6. The first-order valence-corrected chi connectivity index (χ1v) is 9.62. The van der Waals surface area contributed by atoms with Gasteiger partial charge < -0.3 is 14.9 Å². The molecule has 0 bridgehead atoms. The van der Waals surface area contributed by atoms with Crippen LogP contribution in [-0.4, -0.2) is 85.9 Å². The number of aliphatic hydroxyl groups is 1. The van der Waals surface area contributed by atoms with Gasteiger partial charge in [0, 0.05) is 25.8 Å². The summed E-state index contributed by atoms with van der Waals surface area (Å²) < 4.78 is 0. The van der Waals surface area contributed by atoms with E-state index < -0.39 is 5.54 Å². The second-order valence-corrected chi connectivity index (χ2v) is 7.83. The number of carbonyl (C=O) groups is 3. The number of piperidine rings is 1. The molecular formula is C19H27N5O4. The summed E-state index contributed by atoms with van der Waals surface area (Å²) in [4.78, 5) is 51.3. The maximum absolute atomic E-state index is 13.1. The monoisotopic (exact) mass is 389 g/mol. The van der Waals surface area contributed by atoms with E-state index in [1.54, 1.807) is 22.9 Å². The lowest BCUT2D eigenvalue weighted by molar-refractivity contribution is -0.135. The number of likely N-dealkylation sites (tertiary alicyclic amines) is 1. The molecule has 3 heterocycles. The summed E-state index contributed by atoms with van der Waals surface area (Å²) >= 11 is 0. The Labute approximate surface area is 164 Å². The largest absolute Gasteiger partial charge is 0.395 e. The smallest absolute Gasteiger partial charge is 0.327 e. The molecule has 152 valence electrons. The summed E-state index contributed by atoms with van der Waals surface area (Å²) in [5, 5.41) is 9.25. The molecule has 0 atom stereocenters. The maximum atomic E-state index is 13.1. The molecule has 2 fully saturated rings. The molecule has 9 nitrogen and oxygen atoms in total. The molecule has 28 heavy (non-hydrogen) atoms. The summed E-state index contributed by atoms with van der Waals surface area (Å²) in [5.41, 5.74) is 0.0699. The minimum Gasteiger partial charge on any atom is -0.395 e. The quantitative estimate of drug-likeness (QED) is 0.742. The average molecular weight is 389 g/mol. The fourth-order valence-corrected chi connectivity index (χ4v) is 3.93. The van der Waals surface area contributed by atoms with Gasteiger partial charge in [0.05, 0.1) is 25.0 Å². The SMILES string of the molecule is Cc1cnc(C(=O)N2CCC3(CC2)C(=O)N(CCO)C(=O)N3CC(C)C)cn1. The Morgan fingerprint density at radius 1 is 1.21 bits per heavy atom. The second kappa shape index (κ2) is 7.83. The molecule has 0 aliphatic carbocycles. The number of amides is 4. The molecule has 2 aliphatic heterocycles. The van der Waals surface area contributed by atoms with Crippen molar-refractivity contribution in [3.05, 3.63) is 23.8 Å². The van der Waals surface area contributed by atoms with Crippen molar-refractivity contribution >= 4 is 17.8 Å². The predicted octanol–water partition coefficient (Wildman–Crippen LogP) is 0.672. The zero-order valence-electron chi connectivity index (χ0n) is 16.6. The lowest BCUT2D eigenvalue weighted by atomic mass is 9.85. The van der Waals surface area contributed by atoms with Crippen LogP contribution in [0.15, 0.2) is 12.4 Å². The summed E-state index contributed by atoms with van der Waals surface area (Å²) in [6, 6.07) is -0.350. The predicted molar refractivity (Wildman–Crippen MR) is 100 cm³/mol. The highest BCUT2D eigenvalue weighted by Crippen LogP contribution is 2.38. The minimum atomic E-state index is -0.938. The van der Waals surface area contributed by atoms with Gasteiger partial charge in [-0.05, 0) is 25.7 Å². The first-order chi connectivity index (χ1) is 13.3. The number of urea groups is 1. The summed E-state index contributed by atoms with van der Waals surface area (Å²) in [6.07, 6.45) is 3.75. The zero-order chi connectivity index (χ0) is 20.5. The number of carbonyl (C=O) groups excluding carboxylic acids is 3. The normalized spacial score (nSPS) is 19.2. The third-order valence-corrected chi connectivity index (χ3v) is 5.37. The van der Waals surface area contributed by atoms with Crippen molar-refractivity contribution in [1.29, 1.82) is 0 Å². The Balaban J connectivity index is 1.79. The Morgan fingerprint density at radius 2 is 1.89 bits per heavy atom. The standard InChI is InChI=1S/C19H27N5O4/c1-13(2)12-24-18(28)23(8-9-25)17(27)19(24)4-6-22(7-5-19)16(26)15-11-20-14(3)10-21-15/h10-11,13,25H,4-9,12H2,1-3H3. The minimum absolute atomic E-state index is 0.00435. The highest BCUT2D eigenvalue weighted by molar-refractivity contribution is 6.07. The number of rotatable bonds is 5. The van der Waals surface area contributed by atoms with Crippen LogP contribution in [0.1, 0.15) is 42.9 Å². The number of β-amino-alcohol motifs (C(OH)–C–C–N with tert-alkyl or cyclic N) is 1. The maximum Gasteiger partial charge on any atom is 0.327 e. The van der Waals surface area contributed by atoms with Gasteiger partial charge in [-0.15, -0.1) is 0 Å². The third-order valence-electron chi connectivity index (χ3n) is 5.37. The first-order valence-electron chi connectivity index (χ1n) is 9.62. The molecule has 0 aromatic carbocycles. The average Bonchev–Trinajstić information content (AvgIpc) is 2.85. The highest BCUT2D eigenvalue weighted by Gasteiger charge is 2.58. The van der Waals surface area contributed by atoms with E-state index in [4.69, 9.17) is 0 Å². The van der Waals surface area contributed by atoms with E-state index in [1.165, 1.54) is 6.20 Å². The second-order valence-electron chi connectivity index (χ2n) is 7.83. The first kappa shape index (κ1) is 20.2. The molecule has 4 amide bonds. The van der Waals surface area contributed by atoms with Gasteiger partial charge >= 0.3 is 6.03 Å². The molecule has 3 rings (SSSR count). The van der Waals surface area contributed by atoms with Crippen LogP contribution in [0.25, 0.3) is 0 Å². The van der Waals surface area contributed by atoms with Gasteiger partial charge in [0.25, 0.3) is 11.8 Å².